The Morgan fingerprint density at radius 3 is 2.68 bits per heavy atom. The number of H-pyrrole nitrogens is 1. The zero-order valence-electron chi connectivity index (χ0n) is 12.8. The average molecular weight is 372 g/mol. The molecule has 0 saturated carbocycles. The number of halogens is 2. The molecular formula is C17H11Cl2N5O. The third kappa shape index (κ3) is 2.79. The average Bonchev–Trinajstić information content (AvgIpc) is 3.10. The highest BCUT2D eigenvalue weighted by molar-refractivity contribution is 6.35. The number of fused-ring (bicyclic) bond motifs is 1. The Balaban J connectivity index is 1.93. The zero-order valence-corrected chi connectivity index (χ0v) is 14.3. The molecule has 2 aliphatic rings. The van der Waals surface area contributed by atoms with Gasteiger partial charge in [0.2, 0.25) is 5.82 Å². The number of nitrogens with one attached hydrogen (secondary N) is 1. The van der Waals surface area contributed by atoms with Crippen LogP contribution in [0.15, 0.2) is 53.3 Å². The van der Waals surface area contributed by atoms with Crippen LogP contribution in [0.3, 0.4) is 0 Å². The molecule has 25 heavy (non-hydrogen) atoms. The van der Waals surface area contributed by atoms with Gasteiger partial charge in [-0.15, -0.1) is 10.2 Å². The Labute approximate surface area is 152 Å². The van der Waals surface area contributed by atoms with Gasteiger partial charge in [-0.1, -0.05) is 53.5 Å². The van der Waals surface area contributed by atoms with Crippen molar-refractivity contribution in [2.45, 2.75) is 6.54 Å². The van der Waals surface area contributed by atoms with Crippen molar-refractivity contribution in [2.75, 3.05) is 0 Å². The number of tetrazole rings is 1. The van der Waals surface area contributed by atoms with Crippen LogP contribution in [0.4, 0.5) is 0 Å². The highest BCUT2D eigenvalue weighted by Crippen LogP contribution is 2.30. The molecule has 4 rings (SSSR count). The molecule has 0 bridgehead atoms. The lowest BCUT2D eigenvalue weighted by molar-refractivity contribution is 0.787. The molecule has 0 spiro atoms. The van der Waals surface area contributed by atoms with E-state index in [1.807, 2.05) is 36.4 Å². The van der Waals surface area contributed by atoms with Gasteiger partial charge in [0.15, 0.2) is 0 Å². The van der Waals surface area contributed by atoms with Crippen molar-refractivity contribution in [3.8, 4) is 22.6 Å². The fourth-order valence-corrected chi connectivity index (χ4v) is 3.27. The van der Waals surface area contributed by atoms with Crippen LogP contribution in [0.5, 0.6) is 0 Å². The van der Waals surface area contributed by atoms with E-state index in [1.54, 1.807) is 16.7 Å². The van der Waals surface area contributed by atoms with Crippen molar-refractivity contribution >= 4 is 23.2 Å². The van der Waals surface area contributed by atoms with Crippen LogP contribution in [0, 0.1) is 0 Å². The molecular weight excluding hydrogens is 361 g/mol. The number of aromatic amines is 1. The van der Waals surface area contributed by atoms with Crippen molar-refractivity contribution in [1.29, 1.82) is 0 Å². The molecule has 6 nitrogen and oxygen atoms in total. The largest absolute Gasteiger partial charge is 0.303 e. The summed E-state index contributed by atoms with van der Waals surface area (Å²) < 4.78 is 1.65. The molecule has 0 saturated heterocycles. The predicted octanol–water partition coefficient (Wildman–Crippen LogP) is 3.49. The second kappa shape index (κ2) is 6.31. The van der Waals surface area contributed by atoms with Gasteiger partial charge in [0.1, 0.15) is 0 Å². The first-order chi connectivity index (χ1) is 12.1. The third-order valence-electron chi connectivity index (χ3n) is 3.95. The highest BCUT2D eigenvalue weighted by Gasteiger charge is 2.24. The van der Waals surface area contributed by atoms with Gasteiger partial charge in [0.25, 0.3) is 5.56 Å². The van der Waals surface area contributed by atoms with Gasteiger partial charge in [-0.3, -0.25) is 4.79 Å². The molecule has 0 atom stereocenters. The summed E-state index contributed by atoms with van der Waals surface area (Å²) in [4.78, 5) is 13.0. The summed E-state index contributed by atoms with van der Waals surface area (Å²) in [5.41, 5.74) is 2.52. The smallest absolute Gasteiger partial charge is 0.263 e. The van der Waals surface area contributed by atoms with E-state index in [2.05, 4.69) is 20.6 Å². The van der Waals surface area contributed by atoms with Gasteiger partial charge in [0.05, 0.1) is 17.8 Å². The minimum absolute atomic E-state index is 0.200. The van der Waals surface area contributed by atoms with Crippen molar-refractivity contribution in [3.05, 3.63) is 74.5 Å². The standard InChI is InChI=1S/C17H11Cl2N5O/c18-11-7-6-10(13(19)8-11)9-24-14-5-3-1-2-4-12(14)15(17(24)25)16-20-22-23-21-16/h1-8H,9H2,(H,20,21,22,23). The summed E-state index contributed by atoms with van der Waals surface area (Å²) >= 11 is 12.2. The Kier molecular flexibility index (Phi) is 3.99. The quantitative estimate of drug-likeness (QED) is 0.597. The first kappa shape index (κ1) is 15.8. The Hall–Kier alpha value is -2.70. The lowest BCUT2D eigenvalue weighted by Crippen LogP contribution is -2.17. The van der Waals surface area contributed by atoms with Gasteiger partial charge in [-0.05, 0) is 29.0 Å². The predicted molar refractivity (Wildman–Crippen MR) is 96.1 cm³/mol. The molecule has 0 radical (unpaired) electrons. The number of rotatable bonds is 3. The summed E-state index contributed by atoms with van der Waals surface area (Å²) in [6.45, 7) is 0.313. The van der Waals surface area contributed by atoms with Gasteiger partial charge >= 0.3 is 0 Å². The molecule has 2 aromatic rings. The van der Waals surface area contributed by atoms with Crippen LogP contribution >= 0.6 is 23.2 Å². The van der Waals surface area contributed by atoms with Gasteiger partial charge in [-0.2, -0.15) is 5.21 Å². The molecule has 8 heteroatoms. The molecule has 0 amide bonds. The summed E-state index contributed by atoms with van der Waals surface area (Å²) in [6.07, 6.45) is 0. The highest BCUT2D eigenvalue weighted by atomic mass is 35.5. The van der Waals surface area contributed by atoms with Crippen LogP contribution in [-0.4, -0.2) is 25.2 Å². The molecule has 1 aromatic heterocycles. The van der Waals surface area contributed by atoms with E-state index in [-0.39, 0.29) is 11.4 Å². The molecule has 0 fully saturated rings. The van der Waals surface area contributed by atoms with Crippen molar-refractivity contribution in [2.24, 2.45) is 0 Å². The van der Waals surface area contributed by atoms with Gasteiger partial charge in [-0.25, -0.2) is 0 Å². The molecule has 0 unspecified atom stereocenters. The van der Waals surface area contributed by atoms with Crippen molar-refractivity contribution < 1.29 is 0 Å². The molecule has 1 aliphatic carbocycles. The lowest BCUT2D eigenvalue weighted by Gasteiger charge is -2.08. The number of aromatic nitrogens is 5. The van der Waals surface area contributed by atoms with E-state index in [1.165, 1.54) is 0 Å². The number of nitrogens with zero attached hydrogens (tertiary/aromatic N) is 4. The van der Waals surface area contributed by atoms with Gasteiger partial charge < -0.3 is 4.57 Å². The normalized spacial score (nSPS) is 11.1. The number of benzene rings is 1. The van der Waals surface area contributed by atoms with Gasteiger partial charge in [0, 0.05) is 15.6 Å². The lowest BCUT2D eigenvalue weighted by atomic mass is 10.1. The Morgan fingerprint density at radius 1 is 1.08 bits per heavy atom. The van der Waals surface area contributed by atoms with Crippen molar-refractivity contribution in [3.63, 3.8) is 0 Å². The number of hydrogen-bond donors (Lipinski definition) is 1. The Bertz CT molecular complexity index is 1070. The van der Waals surface area contributed by atoms with E-state index in [9.17, 15) is 4.79 Å². The minimum atomic E-state index is -0.200. The monoisotopic (exact) mass is 371 g/mol. The van der Waals surface area contributed by atoms with E-state index in [0.717, 1.165) is 16.8 Å². The van der Waals surface area contributed by atoms with Crippen LogP contribution in [0.2, 0.25) is 10.0 Å². The maximum Gasteiger partial charge on any atom is 0.263 e. The Morgan fingerprint density at radius 2 is 1.92 bits per heavy atom. The first-order valence-corrected chi connectivity index (χ1v) is 8.20. The van der Waals surface area contributed by atoms with E-state index in [0.29, 0.717) is 22.2 Å². The second-order valence-corrected chi connectivity index (χ2v) is 6.29. The van der Waals surface area contributed by atoms with Crippen LogP contribution < -0.4 is 5.56 Å². The maximum atomic E-state index is 13.0. The molecule has 124 valence electrons. The van der Waals surface area contributed by atoms with E-state index in [4.69, 9.17) is 23.2 Å². The second-order valence-electron chi connectivity index (χ2n) is 5.45. The van der Waals surface area contributed by atoms with E-state index >= 15 is 0 Å². The minimum Gasteiger partial charge on any atom is -0.303 e. The summed E-state index contributed by atoms with van der Waals surface area (Å²) in [5, 5.41) is 14.9. The third-order valence-corrected chi connectivity index (χ3v) is 4.53. The van der Waals surface area contributed by atoms with Crippen LogP contribution in [0.25, 0.3) is 22.6 Å². The fraction of sp³-hybridized carbons (Fsp3) is 0.0588. The SMILES string of the molecule is O=c1c(-c2nn[nH]n2)c2cccccc-2n1Cc1ccc(Cl)cc1Cl. The van der Waals surface area contributed by atoms with Crippen LogP contribution in [-0.2, 0) is 6.54 Å². The molecule has 1 aliphatic heterocycles. The number of hydrogen-bond acceptors (Lipinski definition) is 4. The molecule has 1 N–H and O–H groups in total. The zero-order chi connectivity index (χ0) is 17.4. The topological polar surface area (TPSA) is 76.5 Å². The van der Waals surface area contributed by atoms with Crippen LogP contribution in [0.1, 0.15) is 5.56 Å². The molecule has 2 heterocycles. The fourth-order valence-electron chi connectivity index (χ4n) is 2.81. The summed E-state index contributed by atoms with van der Waals surface area (Å²) in [7, 11) is 0. The maximum absolute atomic E-state index is 13.0. The molecule has 1 aromatic carbocycles. The first-order valence-electron chi connectivity index (χ1n) is 7.44. The van der Waals surface area contributed by atoms with E-state index < -0.39 is 0 Å². The summed E-state index contributed by atoms with van der Waals surface area (Å²) in [5.74, 6) is 0.266. The van der Waals surface area contributed by atoms with Crippen molar-refractivity contribution in [1.82, 2.24) is 25.2 Å². The summed E-state index contributed by atoms with van der Waals surface area (Å²) in [6, 6.07) is 14.6.